The summed E-state index contributed by atoms with van der Waals surface area (Å²) in [4.78, 5) is 43.8. The molecule has 1 aromatic carbocycles. The zero-order valence-electron chi connectivity index (χ0n) is 17.2. The number of carbonyl (C=O) groups is 3. The molecular weight excluding hydrogens is 352 g/mol. The van der Waals surface area contributed by atoms with E-state index in [2.05, 4.69) is 18.7 Å². The van der Waals surface area contributed by atoms with E-state index in [9.17, 15) is 14.4 Å². The summed E-state index contributed by atoms with van der Waals surface area (Å²) in [5, 5.41) is 0. The number of nitrogens with zero attached hydrogens (tertiary/aromatic N) is 2. The lowest BCUT2D eigenvalue weighted by Crippen LogP contribution is -2.51. The first-order valence-corrected chi connectivity index (χ1v) is 10.4. The number of hydrogen-bond acceptors (Lipinski definition) is 4. The topological polar surface area (TPSA) is 57.7 Å². The Morgan fingerprint density at radius 2 is 1.61 bits per heavy atom. The Kier molecular flexibility index (Phi) is 6.45. The lowest BCUT2D eigenvalue weighted by molar-refractivity contribution is -0.136. The minimum Gasteiger partial charge on any atom is -0.340 e. The number of ketones is 2. The lowest BCUT2D eigenvalue weighted by atomic mass is 9.77. The van der Waals surface area contributed by atoms with Gasteiger partial charge in [-0.1, -0.05) is 51.0 Å². The van der Waals surface area contributed by atoms with E-state index in [0.29, 0.717) is 41.8 Å². The van der Waals surface area contributed by atoms with Crippen molar-refractivity contribution in [2.24, 2.45) is 5.92 Å². The molecule has 1 heterocycles. The molecule has 150 valence electrons. The van der Waals surface area contributed by atoms with Crippen molar-refractivity contribution in [3.63, 3.8) is 0 Å². The Bertz CT molecular complexity index is 804. The highest BCUT2D eigenvalue weighted by atomic mass is 16.2. The van der Waals surface area contributed by atoms with Crippen molar-refractivity contribution in [2.45, 2.75) is 40.0 Å². The first-order chi connectivity index (χ1) is 13.5. The maximum atomic E-state index is 13.4. The first kappa shape index (κ1) is 20.5. The summed E-state index contributed by atoms with van der Waals surface area (Å²) >= 11 is 0. The number of piperazine rings is 1. The van der Waals surface area contributed by atoms with Crippen LogP contribution in [-0.4, -0.2) is 60.0 Å². The smallest absolute Gasteiger partial charge is 0.230 e. The molecule has 0 aromatic heterocycles. The number of fused-ring (bicyclic) bond motifs is 1. The van der Waals surface area contributed by atoms with Crippen LogP contribution in [0, 0.1) is 5.92 Å². The molecular formula is C23H30N2O3. The van der Waals surface area contributed by atoms with E-state index < -0.39 is 5.92 Å². The van der Waals surface area contributed by atoms with Crippen LogP contribution in [0.15, 0.2) is 35.4 Å². The van der Waals surface area contributed by atoms with Crippen LogP contribution in [0.2, 0.25) is 0 Å². The second kappa shape index (κ2) is 8.82. The van der Waals surface area contributed by atoms with E-state index >= 15 is 0 Å². The third-order valence-electron chi connectivity index (χ3n) is 6.03. The normalized spacial score (nSPS) is 19.0. The highest BCUT2D eigenvalue weighted by Gasteiger charge is 2.38. The number of benzene rings is 1. The maximum Gasteiger partial charge on any atom is 0.230 e. The number of allylic oxidation sites excluding steroid dienone is 1. The summed E-state index contributed by atoms with van der Waals surface area (Å²) in [6.45, 7) is 9.96. The third kappa shape index (κ3) is 3.81. The van der Waals surface area contributed by atoms with Gasteiger partial charge in [-0.25, -0.2) is 0 Å². The number of carbonyl (C=O) groups excluding carboxylic acids is 3. The van der Waals surface area contributed by atoms with Gasteiger partial charge in [-0.2, -0.15) is 0 Å². The largest absolute Gasteiger partial charge is 0.340 e. The van der Waals surface area contributed by atoms with Crippen LogP contribution in [0.5, 0.6) is 0 Å². The van der Waals surface area contributed by atoms with Gasteiger partial charge in [0.2, 0.25) is 5.91 Å². The average Bonchev–Trinajstić information content (AvgIpc) is 2.74. The van der Waals surface area contributed by atoms with Gasteiger partial charge in [-0.15, -0.1) is 0 Å². The van der Waals surface area contributed by atoms with Crippen molar-refractivity contribution in [3.05, 3.63) is 46.5 Å². The highest BCUT2D eigenvalue weighted by Crippen LogP contribution is 2.33. The van der Waals surface area contributed by atoms with Crippen molar-refractivity contribution < 1.29 is 14.4 Å². The van der Waals surface area contributed by atoms with Gasteiger partial charge in [0.05, 0.1) is 5.92 Å². The lowest BCUT2D eigenvalue weighted by Gasteiger charge is -2.37. The van der Waals surface area contributed by atoms with Gasteiger partial charge >= 0.3 is 0 Å². The predicted molar refractivity (Wildman–Crippen MR) is 110 cm³/mol. The Morgan fingerprint density at radius 1 is 1.00 bits per heavy atom. The average molecular weight is 383 g/mol. The van der Waals surface area contributed by atoms with Crippen LogP contribution < -0.4 is 0 Å². The third-order valence-corrected chi connectivity index (χ3v) is 6.03. The van der Waals surface area contributed by atoms with Gasteiger partial charge in [0, 0.05) is 48.5 Å². The Morgan fingerprint density at radius 3 is 2.18 bits per heavy atom. The van der Waals surface area contributed by atoms with Crippen LogP contribution in [0.3, 0.4) is 0 Å². The standard InChI is InChI=1S/C23H30N2O3/c1-4-6-9-19(23(28)25-14-12-24(5-2)13-15-25)20-16(3)21(26)17-10-7-8-11-18(17)22(20)27/h7-8,10-11,19H,4-6,9,12-15H2,1-3H3. The molecule has 1 atom stereocenters. The molecule has 5 heteroatoms. The fourth-order valence-electron chi connectivity index (χ4n) is 4.24. The number of rotatable bonds is 6. The van der Waals surface area contributed by atoms with Crippen LogP contribution in [-0.2, 0) is 4.79 Å². The van der Waals surface area contributed by atoms with Gasteiger partial charge in [-0.3, -0.25) is 14.4 Å². The zero-order valence-corrected chi connectivity index (χ0v) is 17.2. The SMILES string of the molecule is CCCCC(C(=O)N1CCN(CC)CC1)C1=C(C)C(=O)c2ccccc2C1=O. The molecule has 1 aliphatic carbocycles. The molecule has 1 aliphatic heterocycles. The van der Waals surface area contributed by atoms with Gasteiger partial charge in [0.15, 0.2) is 11.6 Å². The number of hydrogen-bond donors (Lipinski definition) is 0. The molecule has 1 amide bonds. The number of amides is 1. The summed E-state index contributed by atoms with van der Waals surface area (Å²) in [7, 11) is 0. The van der Waals surface area contributed by atoms with Crippen LogP contribution in [0.4, 0.5) is 0 Å². The van der Waals surface area contributed by atoms with E-state index in [-0.39, 0.29) is 17.5 Å². The number of likely N-dealkylation sites (N-methyl/N-ethyl adjacent to an activating group) is 1. The van der Waals surface area contributed by atoms with E-state index in [0.717, 1.165) is 32.5 Å². The minimum atomic E-state index is -0.530. The zero-order chi connectivity index (χ0) is 20.3. The van der Waals surface area contributed by atoms with Gasteiger partial charge in [0.25, 0.3) is 0 Å². The number of unbranched alkanes of at least 4 members (excludes halogenated alkanes) is 1. The molecule has 0 saturated carbocycles. The Labute approximate surface area is 167 Å². The Hall–Kier alpha value is -2.27. The molecule has 1 saturated heterocycles. The summed E-state index contributed by atoms with van der Waals surface area (Å²) < 4.78 is 0. The van der Waals surface area contributed by atoms with Crippen LogP contribution in [0.25, 0.3) is 0 Å². The summed E-state index contributed by atoms with van der Waals surface area (Å²) in [6.07, 6.45) is 2.40. The molecule has 0 radical (unpaired) electrons. The molecule has 1 aromatic rings. The molecule has 1 fully saturated rings. The molecule has 0 bridgehead atoms. The van der Waals surface area contributed by atoms with Crippen LogP contribution in [0.1, 0.15) is 60.7 Å². The van der Waals surface area contributed by atoms with E-state index in [1.54, 1.807) is 31.2 Å². The van der Waals surface area contributed by atoms with Gasteiger partial charge < -0.3 is 9.80 Å². The predicted octanol–water partition coefficient (Wildman–Crippen LogP) is 3.35. The van der Waals surface area contributed by atoms with E-state index in [1.807, 2.05) is 4.90 Å². The summed E-state index contributed by atoms with van der Waals surface area (Å²) in [6, 6.07) is 6.94. The van der Waals surface area contributed by atoms with E-state index in [4.69, 9.17) is 0 Å². The van der Waals surface area contributed by atoms with Crippen molar-refractivity contribution in [1.82, 2.24) is 9.80 Å². The van der Waals surface area contributed by atoms with Crippen molar-refractivity contribution >= 4 is 17.5 Å². The highest BCUT2D eigenvalue weighted by molar-refractivity contribution is 6.27. The summed E-state index contributed by atoms with van der Waals surface area (Å²) in [5.41, 5.74) is 1.73. The fraction of sp³-hybridized carbons (Fsp3) is 0.522. The maximum absolute atomic E-state index is 13.4. The van der Waals surface area contributed by atoms with Crippen molar-refractivity contribution in [3.8, 4) is 0 Å². The molecule has 5 nitrogen and oxygen atoms in total. The fourth-order valence-corrected chi connectivity index (χ4v) is 4.24. The number of Topliss-reactive ketones (excluding diaryl/α,β-unsaturated/α-hetero) is 2. The first-order valence-electron chi connectivity index (χ1n) is 10.4. The molecule has 1 unspecified atom stereocenters. The molecule has 3 rings (SSSR count). The monoisotopic (exact) mass is 382 g/mol. The molecule has 0 N–H and O–H groups in total. The second-order valence-corrected chi connectivity index (χ2v) is 7.70. The van der Waals surface area contributed by atoms with Crippen molar-refractivity contribution in [1.29, 1.82) is 0 Å². The molecule has 28 heavy (non-hydrogen) atoms. The van der Waals surface area contributed by atoms with Gasteiger partial charge in [-0.05, 0) is 19.9 Å². The Balaban J connectivity index is 1.93. The summed E-state index contributed by atoms with van der Waals surface area (Å²) in [5.74, 6) is -0.818. The van der Waals surface area contributed by atoms with Crippen LogP contribution >= 0.6 is 0 Å². The second-order valence-electron chi connectivity index (χ2n) is 7.70. The molecule has 0 spiro atoms. The van der Waals surface area contributed by atoms with Gasteiger partial charge in [0.1, 0.15) is 0 Å². The minimum absolute atomic E-state index is 0.000848. The van der Waals surface area contributed by atoms with E-state index in [1.165, 1.54) is 0 Å². The molecule has 2 aliphatic rings. The van der Waals surface area contributed by atoms with Crippen molar-refractivity contribution in [2.75, 3.05) is 32.7 Å². The quantitative estimate of drug-likeness (QED) is 0.757.